The average Bonchev–Trinajstić information content (AvgIpc) is 2.43. The van der Waals surface area contributed by atoms with Crippen molar-refractivity contribution in [3.05, 3.63) is 68.9 Å². The second-order valence-electron chi connectivity index (χ2n) is 4.49. The second-order valence-corrected chi connectivity index (χ2v) is 5.35. The van der Waals surface area contributed by atoms with Crippen molar-refractivity contribution in [2.75, 3.05) is 7.05 Å². The number of halogens is 4. The number of benzene rings is 2. The van der Waals surface area contributed by atoms with Crippen LogP contribution < -0.4 is 5.32 Å². The van der Waals surface area contributed by atoms with Gasteiger partial charge in [0.15, 0.2) is 11.6 Å². The summed E-state index contributed by atoms with van der Waals surface area (Å²) in [5.41, 5.74) is 0.913. The molecule has 0 aliphatic rings. The molecule has 5 heteroatoms. The van der Waals surface area contributed by atoms with Gasteiger partial charge in [-0.05, 0) is 53.2 Å². The summed E-state index contributed by atoms with van der Waals surface area (Å²) in [5, 5.41) is 2.88. The Balaban J connectivity index is 2.52. The van der Waals surface area contributed by atoms with Crippen LogP contribution in [0, 0.1) is 24.4 Å². The van der Waals surface area contributed by atoms with Gasteiger partial charge in [-0.3, -0.25) is 0 Å². The Hall–Kier alpha value is -1.33. The molecule has 0 radical (unpaired) electrons. The number of hydrogen-bond donors (Lipinski definition) is 1. The van der Waals surface area contributed by atoms with Crippen LogP contribution in [-0.2, 0) is 0 Å². The van der Waals surface area contributed by atoms with Crippen molar-refractivity contribution >= 4 is 15.9 Å². The lowest BCUT2D eigenvalue weighted by atomic mass is 9.97. The first-order chi connectivity index (χ1) is 9.45. The van der Waals surface area contributed by atoms with Gasteiger partial charge in [0.2, 0.25) is 0 Å². The van der Waals surface area contributed by atoms with E-state index in [9.17, 15) is 13.2 Å². The highest BCUT2D eigenvalue weighted by molar-refractivity contribution is 9.10. The number of hydrogen-bond acceptors (Lipinski definition) is 1. The summed E-state index contributed by atoms with van der Waals surface area (Å²) in [7, 11) is 1.61. The third-order valence-corrected chi connectivity index (χ3v) is 3.83. The first-order valence-electron chi connectivity index (χ1n) is 6.02. The molecule has 1 atom stereocenters. The Kier molecular flexibility index (Phi) is 4.50. The summed E-state index contributed by atoms with van der Waals surface area (Å²) in [6, 6.07) is 6.89. The minimum atomic E-state index is -0.910. The fourth-order valence-electron chi connectivity index (χ4n) is 2.08. The van der Waals surface area contributed by atoms with E-state index < -0.39 is 23.5 Å². The van der Waals surface area contributed by atoms with Crippen LogP contribution in [0.15, 0.2) is 34.8 Å². The van der Waals surface area contributed by atoms with Gasteiger partial charge in [0.1, 0.15) is 5.82 Å². The number of nitrogens with one attached hydrogen (secondary N) is 1. The summed E-state index contributed by atoms with van der Waals surface area (Å²) >= 11 is 3.06. The molecule has 0 saturated carbocycles. The van der Waals surface area contributed by atoms with E-state index in [0.29, 0.717) is 10.0 Å². The molecule has 0 aliphatic carbocycles. The fourth-order valence-corrected chi connectivity index (χ4v) is 2.32. The van der Waals surface area contributed by atoms with Crippen LogP contribution in [0.1, 0.15) is 22.7 Å². The zero-order valence-electron chi connectivity index (χ0n) is 11.0. The maximum atomic E-state index is 14.0. The highest BCUT2D eigenvalue weighted by Gasteiger charge is 2.20. The topological polar surface area (TPSA) is 12.0 Å². The molecule has 0 amide bonds. The van der Waals surface area contributed by atoms with Crippen LogP contribution in [-0.4, -0.2) is 7.05 Å². The fraction of sp³-hybridized carbons (Fsp3) is 0.200. The molecule has 1 N–H and O–H groups in total. The van der Waals surface area contributed by atoms with Crippen LogP contribution in [0.4, 0.5) is 13.2 Å². The smallest absolute Gasteiger partial charge is 0.164 e. The van der Waals surface area contributed by atoms with Crippen molar-refractivity contribution in [3.8, 4) is 0 Å². The van der Waals surface area contributed by atoms with Crippen LogP contribution in [0.3, 0.4) is 0 Å². The molecule has 0 fully saturated rings. The van der Waals surface area contributed by atoms with Crippen molar-refractivity contribution < 1.29 is 13.2 Å². The predicted molar refractivity (Wildman–Crippen MR) is 76.1 cm³/mol. The van der Waals surface area contributed by atoms with Gasteiger partial charge in [0, 0.05) is 5.56 Å². The first-order valence-corrected chi connectivity index (χ1v) is 6.81. The van der Waals surface area contributed by atoms with Crippen molar-refractivity contribution in [1.82, 2.24) is 5.32 Å². The SMILES string of the molecule is CNC(c1ccc(Br)c(F)c1)c1ccc(C)c(F)c1F. The van der Waals surface area contributed by atoms with Crippen molar-refractivity contribution in [2.24, 2.45) is 0 Å². The van der Waals surface area contributed by atoms with Crippen LogP contribution >= 0.6 is 15.9 Å². The summed E-state index contributed by atoms with van der Waals surface area (Å²) in [6.07, 6.45) is 0. The van der Waals surface area contributed by atoms with Gasteiger partial charge in [-0.1, -0.05) is 18.2 Å². The van der Waals surface area contributed by atoms with Crippen molar-refractivity contribution in [3.63, 3.8) is 0 Å². The molecular weight excluding hydrogens is 331 g/mol. The number of rotatable bonds is 3. The zero-order chi connectivity index (χ0) is 14.9. The van der Waals surface area contributed by atoms with Crippen molar-refractivity contribution in [2.45, 2.75) is 13.0 Å². The second kappa shape index (κ2) is 5.97. The van der Waals surface area contributed by atoms with E-state index in [0.717, 1.165) is 0 Å². The van der Waals surface area contributed by atoms with E-state index in [1.807, 2.05) is 0 Å². The lowest BCUT2D eigenvalue weighted by Crippen LogP contribution is -2.20. The molecule has 106 valence electrons. The lowest BCUT2D eigenvalue weighted by Gasteiger charge is -2.19. The van der Waals surface area contributed by atoms with Gasteiger partial charge in [-0.2, -0.15) is 0 Å². The normalized spacial score (nSPS) is 12.5. The monoisotopic (exact) mass is 343 g/mol. The maximum absolute atomic E-state index is 14.0. The lowest BCUT2D eigenvalue weighted by molar-refractivity contribution is 0.482. The van der Waals surface area contributed by atoms with Crippen LogP contribution in [0.5, 0.6) is 0 Å². The Morgan fingerprint density at radius 2 is 1.75 bits per heavy atom. The summed E-state index contributed by atoms with van der Waals surface area (Å²) in [6.45, 7) is 1.50. The largest absolute Gasteiger partial charge is 0.309 e. The minimum Gasteiger partial charge on any atom is -0.309 e. The first kappa shape index (κ1) is 15.1. The molecule has 0 aliphatic heterocycles. The standard InChI is InChI=1S/C15H13BrF3N/c1-8-3-5-10(14(19)13(8)18)15(20-2)9-4-6-11(16)12(17)7-9/h3-7,15,20H,1-2H3. The predicted octanol–water partition coefficient (Wildman–Crippen LogP) is 4.48. The van der Waals surface area contributed by atoms with Gasteiger partial charge in [-0.15, -0.1) is 0 Å². The average molecular weight is 344 g/mol. The Labute approximate surface area is 123 Å². The van der Waals surface area contributed by atoms with Gasteiger partial charge >= 0.3 is 0 Å². The third kappa shape index (κ3) is 2.74. The summed E-state index contributed by atoms with van der Waals surface area (Å²) < 4.78 is 41.6. The van der Waals surface area contributed by atoms with Gasteiger partial charge in [0.25, 0.3) is 0 Å². The Bertz CT molecular complexity index is 643. The molecule has 0 spiro atoms. The van der Waals surface area contributed by atoms with E-state index in [1.165, 1.54) is 31.2 Å². The molecule has 2 aromatic carbocycles. The van der Waals surface area contributed by atoms with Gasteiger partial charge < -0.3 is 5.32 Å². The minimum absolute atomic E-state index is 0.150. The Morgan fingerprint density at radius 1 is 1.05 bits per heavy atom. The van der Waals surface area contributed by atoms with Gasteiger partial charge in [0.05, 0.1) is 10.5 Å². The maximum Gasteiger partial charge on any atom is 0.164 e. The number of aryl methyl sites for hydroxylation is 1. The van der Waals surface area contributed by atoms with Gasteiger partial charge in [-0.25, -0.2) is 13.2 Å². The molecule has 0 aromatic heterocycles. The summed E-state index contributed by atoms with van der Waals surface area (Å²) in [4.78, 5) is 0. The van der Waals surface area contributed by atoms with E-state index >= 15 is 0 Å². The highest BCUT2D eigenvalue weighted by Crippen LogP contribution is 2.28. The molecule has 0 heterocycles. The molecule has 1 nitrogen and oxygen atoms in total. The molecule has 1 unspecified atom stereocenters. The Morgan fingerprint density at radius 3 is 2.35 bits per heavy atom. The molecule has 0 saturated heterocycles. The summed E-state index contributed by atoms with van der Waals surface area (Å²) in [5.74, 6) is -2.23. The molecule has 0 bridgehead atoms. The molecular formula is C15H13BrF3N. The zero-order valence-corrected chi connectivity index (χ0v) is 12.6. The quantitative estimate of drug-likeness (QED) is 0.866. The van der Waals surface area contributed by atoms with E-state index in [-0.39, 0.29) is 11.1 Å². The van der Waals surface area contributed by atoms with Crippen molar-refractivity contribution in [1.29, 1.82) is 0 Å². The molecule has 20 heavy (non-hydrogen) atoms. The molecule has 2 aromatic rings. The van der Waals surface area contributed by atoms with E-state index in [4.69, 9.17) is 0 Å². The van der Waals surface area contributed by atoms with E-state index in [1.54, 1.807) is 13.1 Å². The van der Waals surface area contributed by atoms with E-state index in [2.05, 4.69) is 21.2 Å². The third-order valence-electron chi connectivity index (χ3n) is 3.18. The highest BCUT2D eigenvalue weighted by atomic mass is 79.9. The van der Waals surface area contributed by atoms with Crippen LogP contribution in [0.2, 0.25) is 0 Å². The van der Waals surface area contributed by atoms with Crippen LogP contribution in [0.25, 0.3) is 0 Å². The molecule has 2 rings (SSSR count).